The SMILES string of the molecule is OC[C@@H]1C[C@@H]2NC[C@@]1(O)[C@@H](O)[C@H]2O. The van der Waals surface area contributed by atoms with Crippen LogP contribution in [0.15, 0.2) is 0 Å². The normalized spacial score (nSPS) is 55.4. The van der Waals surface area contributed by atoms with E-state index in [0.717, 1.165) is 0 Å². The number of nitrogens with one attached hydrogen (secondary N) is 1. The second-order valence-corrected chi connectivity index (χ2v) is 4.03. The molecule has 5 atom stereocenters. The molecule has 0 spiro atoms. The summed E-state index contributed by atoms with van der Waals surface area (Å²) < 4.78 is 0. The Morgan fingerprint density at radius 1 is 1.38 bits per heavy atom. The molecule has 0 aromatic rings. The predicted octanol–water partition coefficient (Wildman–Crippen LogP) is -2.58. The first-order chi connectivity index (χ1) is 6.09. The average molecular weight is 189 g/mol. The van der Waals surface area contributed by atoms with Gasteiger partial charge in [-0.1, -0.05) is 0 Å². The summed E-state index contributed by atoms with van der Waals surface area (Å²) in [7, 11) is 0. The lowest BCUT2D eigenvalue weighted by atomic mass is 9.67. The second kappa shape index (κ2) is 2.90. The molecule has 2 aliphatic heterocycles. The Kier molecular flexibility index (Phi) is 2.08. The van der Waals surface area contributed by atoms with E-state index >= 15 is 0 Å². The van der Waals surface area contributed by atoms with Crippen molar-refractivity contribution >= 4 is 0 Å². The smallest absolute Gasteiger partial charge is 0.112 e. The van der Waals surface area contributed by atoms with E-state index in [0.29, 0.717) is 6.42 Å². The fourth-order valence-electron chi connectivity index (χ4n) is 2.39. The first-order valence-electron chi connectivity index (χ1n) is 4.52. The lowest BCUT2D eigenvalue weighted by Gasteiger charge is -2.54. The Morgan fingerprint density at radius 3 is 2.69 bits per heavy atom. The summed E-state index contributed by atoms with van der Waals surface area (Å²) in [5.74, 6) is -0.336. The zero-order valence-electron chi connectivity index (χ0n) is 7.22. The third kappa shape index (κ3) is 1.12. The molecule has 2 bridgehead atoms. The molecular formula is C8H15NO4. The van der Waals surface area contributed by atoms with Crippen molar-refractivity contribution in [2.75, 3.05) is 13.2 Å². The van der Waals surface area contributed by atoms with Crippen LogP contribution in [0.2, 0.25) is 0 Å². The molecule has 5 nitrogen and oxygen atoms in total. The van der Waals surface area contributed by atoms with Crippen molar-refractivity contribution in [2.45, 2.75) is 30.3 Å². The van der Waals surface area contributed by atoms with Crippen LogP contribution >= 0.6 is 0 Å². The number of piperidine rings is 2. The van der Waals surface area contributed by atoms with Gasteiger partial charge in [-0.3, -0.25) is 0 Å². The molecule has 0 radical (unpaired) electrons. The highest BCUT2D eigenvalue weighted by atomic mass is 16.4. The second-order valence-electron chi connectivity index (χ2n) is 4.03. The summed E-state index contributed by atoms with van der Waals surface area (Å²) in [4.78, 5) is 0. The maximum Gasteiger partial charge on any atom is 0.112 e. The van der Waals surface area contributed by atoms with Crippen molar-refractivity contribution in [3.8, 4) is 0 Å². The molecule has 1 aliphatic carbocycles. The van der Waals surface area contributed by atoms with Crippen LogP contribution in [0, 0.1) is 5.92 Å². The summed E-state index contributed by atoms with van der Waals surface area (Å²) in [6, 6.07) is -0.207. The largest absolute Gasteiger partial charge is 0.396 e. The maximum absolute atomic E-state index is 9.98. The molecule has 2 saturated heterocycles. The van der Waals surface area contributed by atoms with Gasteiger partial charge in [0.25, 0.3) is 0 Å². The van der Waals surface area contributed by atoms with Crippen molar-refractivity contribution in [3.05, 3.63) is 0 Å². The van der Waals surface area contributed by atoms with Gasteiger partial charge in [0, 0.05) is 25.1 Å². The van der Waals surface area contributed by atoms with E-state index in [-0.39, 0.29) is 25.1 Å². The van der Waals surface area contributed by atoms with Crippen molar-refractivity contribution in [3.63, 3.8) is 0 Å². The van der Waals surface area contributed by atoms with Crippen molar-refractivity contribution in [1.29, 1.82) is 0 Å². The van der Waals surface area contributed by atoms with Gasteiger partial charge in [0.2, 0.25) is 0 Å². The lowest BCUT2D eigenvalue weighted by molar-refractivity contribution is -0.218. The maximum atomic E-state index is 9.98. The fourth-order valence-corrected chi connectivity index (χ4v) is 2.39. The minimum Gasteiger partial charge on any atom is -0.396 e. The topological polar surface area (TPSA) is 93.0 Å². The van der Waals surface area contributed by atoms with Crippen molar-refractivity contribution in [2.24, 2.45) is 5.92 Å². The van der Waals surface area contributed by atoms with Crippen LogP contribution in [0.25, 0.3) is 0 Å². The monoisotopic (exact) mass is 189 g/mol. The van der Waals surface area contributed by atoms with Crippen LogP contribution in [-0.2, 0) is 0 Å². The third-order valence-electron chi connectivity index (χ3n) is 3.36. The van der Waals surface area contributed by atoms with Gasteiger partial charge < -0.3 is 25.7 Å². The number of aliphatic hydroxyl groups is 4. The van der Waals surface area contributed by atoms with Gasteiger partial charge in [0.15, 0.2) is 0 Å². The Balaban J connectivity index is 2.25. The van der Waals surface area contributed by atoms with Crippen LogP contribution in [0.1, 0.15) is 6.42 Å². The number of rotatable bonds is 1. The van der Waals surface area contributed by atoms with E-state index in [2.05, 4.69) is 5.32 Å². The van der Waals surface area contributed by atoms with Crippen molar-refractivity contribution in [1.82, 2.24) is 5.32 Å². The third-order valence-corrected chi connectivity index (χ3v) is 3.36. The average Bonchev–Trinajstić information content (AvgIpc) is 2.14. The molecule has 0 unspecified atom stereocenters. The highest BCUT2D eigenvalue weighted by Crippen LogP contribution is 2.37. The molecule has 3 fully saturated rings. The van der Waals surface area contributed by atoms with Gasteiger partial charge in [-0.25, -0.2) is 0 Å². The van der Waals surface area contributed by atoms with E-state index < -0.39 is 17.8 Å². The molecule has 1 saturated carbocycles. The predicted molar refractivity (Wildman–Crippen MR) is 43.9 cm³/mol. The number of fused-ring (bicyclic) bond motifs is 3. The Hall–Kier alpha value is -0.200. The summed E-state index contributed by atoms with van der Waals surface area (Å²) in [6.07, 6.45) is -1.57. The summed E-state index contributed by atoms with van der Waals surface area (Å²) in [5.41, 5.74) is -1.37. The van der Waals surface area contributed by atoms with Gasteiger partial charge in [-0.15, -0.1) is 0 Å². The van der Waals surface area contributed by atoms with Gasteiger partial charge in [-0.2, -0.15) is 0 Å². The van der Waals surface area contributed by atoms with Crippen LogP contribution in [-0.4, -0.2) is 57.4 Å². The Morgan fingerprint density at radius 2 is 2.08 bits per heavy atom. The minimum absolute atomic E-state index is 0.154. The van der Waals surface area contributed by atoms with Crippen LogP contribution in [0.5, 0.6) is 0 Å². The standard InChI is InChI=1S/C8H15NO4/c10-2-4-1-5-6(11)7(12)8(4,13)3-9-5/h4-7,9-13H,1-3H2/t4-,5-,6-,7-,8-/m0/s1. The summed E-state index contributed by atoms with van der Waals surface area (Å²) in [5, 5.41) is 41.0. The van der Waals surface area contributed by atoms with Gasteiger partial charge in [0.05, 0.1) is 6.10 Å². The molecule has 0 aromatic carbocycles. The first-order valence-corrected chi connectivity index (χ1v) is 4.52. The zero-order chi connectivity index (χ0) is 9.64. The summed E-state index contributed by atoms with van der Waals surface area (Å²) in [6.45, 7) is 0.0829. The van der Waals surface area contributed by atoms with Crippen LogP contribution < -0.4 is 5.32 Å². The number of hydrogen-bond donors (Lipinski definition) is 5. The van der Waals surface area contributed by atoms with E-state index in [1.165, 1.54) is 0 Å². The lowest BCUT2D eigenvalue weighted by Crippen LogP contribution is -2.74. The molecule has 76 valence electrons. The van der Waals surface area contributed by atoms with Gasteiger partial charge in [0.1, 0.15) is 11.7 Å². The molecule has 3 rings (SSSR count). The number of aliphatic hydroxyl groups excluding tert-OH is 3. The van der Waals surface area contributed by atoms with E-state index in [4.69, 9.17) is 5.11 Å². The highest BCUT2D eigenvalue weighted by molar-refractivity contribution is 5.11. The van der Waals surface area contributed by atoms with E-state index in [9.17, 15) is 15.3 Å². The molecule has 5 heteroatoms. The van der Waals surface area contributed by atoms with Crippen molar-refractivity contribution < 1.29 is 20.4 Å². The molecule has 2 heterocycles. The zero-order valence-corrected chi connectivity index (χ0v) is 7.22. The van der Waals surface area contributed by atoms with E-state index in [1.807, 2.05) is 0 Å². The molecular weight excluding hydrogens is 174 g/mol. The molecule has 5 N–H and O–H groups in total. The highest BCUT2D eigenvalue weighted by Gasteiger charge is 2.56. The van der Waals surface area contributed by atoms with Crippen LogP contribution in [0.3, 0.4) is 0 Å². The minimum atomic E-state index is -1.37. The Labute approximate surface area is 76.0 Å². The van der Waals surface area contributed by atoms with E-state index in [1.54, 1.807) is 0 Å². The summed E-state index contributed by atoms with van der Waals surface area (Å²) >= 11 is 0. The van der Waals surface area contributed by atoms with Crippen LogP contribution in [0.4, 0.5) is 0 Å². The molecule has 0 amide bonds. The fraction of sp³-hybridized carbons (Fsp3) is 1.00. The quantitative estimate of drug-likeness (QED) is 0.312. The van der Waals surface area contributed by atoms with Gasteiger partial charge >= 0.3 is 0 Å². The van der Waals surface area contributed by atoms with Gasteiger partial charge in [-0.05, 0) is 6.42 Å². The Bertz CT molecular complexity index is 208. The molecule has 0 aromatic heterocycles. The molecule has 3 aliphatic rings. The molecule has 13 heavy (non-hydrogen) atoms. The first kappa shape index (κ1) is 9.36. The number of hydrogen-bond acceptors (Lipinski definition) is 5.